The second-order valence-corrected chi connectivity index (χ2v) is 7.74. The SMILES string of the molecule is Cc1cc(Cl)ccc1S(=O)(=O)N1CCCCC1C(C)N. The van der Waals surface area contributed by atoms with E-state index in [-0.39, 0.29) is 12.1 Å². The Morgan fingerprint density at radius 2 is 2.10 bits per heavy atom. The lowest BCUT2D eigenvalue weighted by atomic mass is 10.00. The molecule has 1 heterocycles. The van der Waals surface area contributed by atoms with Gasteiger partial charge in [-0.1, -0.05) is 18.0 Å². The Morgan fingerprint density at radius 3 is 2.70 bits per heavy atom. The van der Waals surface area contributed by atoms with Crippen LogP contribution in [0.1, 0.15) is 31.7 Å². The smallest absolute Gasteiger partial charge is 0.243 e. The molecule has 1 fully saturated rings. The van der Waals surface area contributed by atoms with Gasteiger partial charge in [-0.15, -0.1) is 0 Å². The fourth-order valence-corrected chi connectivity index (χ4v) is 4.99. The summed E-state index contributed by atoms with van der Waals surface area (Å²) in [7, 11) is -3.51. The molecule has 1 aliphatic heterocycles. The molecule has 1 saturated heterocycles. The lowest BCUT2D eigenvalue weighted by Gasteiger charge is -2.37. The van der Waals surface area contributed by atoms with Crippen LogP contribution in [0.25, 0.3) is 0 Å². The molecule has 4 nitrogen and oxygen atoms in total. The van der Waals surface area contributed by atoms with Gasteiger partial charge in [0.2, 0.25) is 10.0 Å². The van der Waals surface area contributed by atoms with Gasteiger partial charge in [0.25, 0.3) is 0 Å². The van der Waals surface area contributed by atoms with E-state index < -0.39 is 10.0 Å². The molecule has 0 aromatic heterocycles. The lowest BCUT2D eigenvalue weighted by Crippen LogP contribution is -2.51. The molecule has 2 atom stereocenters. The Bertz CT molecular complexity index is 587. The van der Waals surface area contributed by atoms with Crippen molar-refractivity contribution in [2.24, 2.45) is 5.73 Å². The molecule has 0 bridgehead atoms. The van der Waals surface area contributed by atoms with Gasteiger partial charge < -0.3 is 5.73 Å². The van der Waals surface area contributed by atoms with Gasteiger partial charge in [-0.05, 0) is 50.5 Å². The monoisotopic (exact) mass is 316 g/mol. The zero-order valence-corrected chi connectivity index (χ0v) is 13.4. The van der Waals surface area contributed by atoms with Crippen molar-refractivity contribution in [3.63, 3.8) is 0 Å². The van der Waals surface area contributed by atoms with E-state index in [1.165, 1.54) is 0 Å². The maximum absolute atomic E-state index is 12.9. The first kappa shape index (κ1) is 15.8. The van der Waals surface area contributed by atoms with Crippen LogP contribution in [0.3, 0.4) is 0 Å². The zero-order chi connectivity index (χ0) is 14.9. The predicted molar refractivity (Wildman–Crippen MR) is 81.4 cm³/mol. The molecule has 0 amide bonds. The molecule has 1 aromatic carbocycles. The number of aryl methyl sites for hydroxylation is 1. The van der Waals surface area contributed by atoms with Crippen molar-refractivity contribution in [3.05, 3.63) is 28.8 Å². The van der Waals surface area contributed by atoms with Crippen LogP contribution in [0.4, 0.5) is 0 Å². The molecule has 20 heavy (non-hydrogen) atoms. The molecule has 112 valence electrons. The molecule has 0 saturated carbocycles. The van der Waals surface area contributed by atoms with Gasteiger partial charge in [-0.25, -0.2) is 8.42 Å². The summed E-state index contributed by atoms with van der Waals surface area (Å²) < 4.78 is 27.3. The van der Waals surface area contributed by atoms with E-state index in [0.717, 1.165) is 19.3 Å². The van der Waals surface area contributed by atoms with E-state index in [2.05, 4.69) is 0 Å². The molecule has 2 rings (SSSR count). The van der Waals surface area contributed by atoms with E-state index in [1.54, 1.807) is 29.4 Å². The number of hydrogen-bond acceptors (Lipinski definition) is 3. The number of nitrogens with zero attached hydrogens (tertiary/aromatic N) is 1. The average molecular weight is 317 g/mol. The van der Waals surface area contributed by atoms with Crippen LogP contribution < -0.4 is 5.73 Å². The second-order valence-electron chi connectivity index (χ2n) is 5.45. The number of nitrogens with two attached hydrogens (primary N) is 1. The number of piperidine rings is 1. The summed E-state index contributed by atoms with van der Waals surface area (Å²) in [5, 5.41) is 0.545. The van der Waals surface area contributed by atoms with Gasteiger partial charge in [0.1, 0.15) is 0 Å². The van der Waals surface area contributed by atoms with Gasteiger partial charge >= 0.3 is 0 Å². The van der Waals surface area contributed by atoms with Crippen LogP contribution >= 0.6 is 11.6 Å². The Labute approximate surface area is 126 Å². The van der Waals surface area contributed by atoms with Crippen molar-refractivity contribution in [3.8, 4) is 0 Å². The molecular formula is C14H21ClN2O2S. The number of halogens is 1. The van der Waals surface area contributed by atoms with Gasteiger partial charge in [0, 0.05) is 23.7 Å². The molecule has 1 aromatic rings. The molecule has 2 N–H and O–H groups in total. The highest BCUT2D eigenvalue weighted by atomic mass is 35.5. The minimum Gasteiger partial charge on any atom is -0.326 e. The predicted octanol–water partition coefficient (Wildman–Crippen LogP) is 2.54. The first-order chi connectivity index (χ1) is 9.34. The van der Waals surface area contributed by atoms with Gasteiger partial charge in [-0.3, -0.25) is 0 Å². The van der Waals surface area contributed by atoms with Crippen LogP contribution in [0, 0.1) is 6.92 Å². The Balaban J connectivity index is 2.42. The van der Waals surface area contributed by atoms with Crippen molar-refractivity contribution >= 4 is 21.6 Å². The van der Waals surface area contributed by atoms with Crippen LogP contribution in [0.5, 0.6) is 0 Å². The Hall–Kier alpha value is -0.620. The third kappa shape index (κ3) is 3.01. The molecule has 0 spiro atoms. The molecule has 0 radical (unpaired) electrons. The van der Waals surface area contributed by atoms with Gasteiger partial charge in [0.15, 0.2) is 0 Å². The maximum atomic E-state index is 12.9. The largest absolute Gasteiger partial charge is 0.326 e. The summed E-state index contributed by atoms with van der Waals surface area (Å²) in [5.41, 5.74) is 6.64. The van der Waals surface area contributed by atoms with Crippen molar-refractivity contribution in [2.45, 2.75) is 50.1 Å². The highest BCUT2D eigenvalue weighted by Gasteiger charge is 2.35. The summed E-state index contributed by atoms with van der Waals surface area (Å²) >= 11 is 5.90. The fraction of sp³-hybridized carbons (Fsp3) is 0.571. The lowest BCUT2D eigenvalue weighted by molar-refractivity contribution is 0.227. The minimum atomic E-state index is -3.51. The highest BCUT2D eigenvalue weighted by molar-refractivity contribution is 7.89. The number of benzene rings is 1. The quantitative estimate of drug-likeness (QED) is 0.932. The van der Waals surface area contributed by atoms with E-state index in [1.807, 2.05) is 6.92 Å². The molecular weight excluding hydrogens is 296 g/mol. The Kier molecular flexibility index (Phi) is 4.74. The summed E-state index contributed by atoms with van der Waals surface area (Å²) in [5.74, 6) is 0. The standard InChI is InChI=1S/C14H21ClN2O2S/c1-10-9-12(15)6-7-14(10)20(18,19)17-8-4-3-5-13(17)11(2)16/h6-7,9,11,13H,3-5,8,16H2,1-2H3. The number of sulfonamides is 1. The van der Waals surface area contributed by atoms with Crippen molar-refractivity contribution in [2.75, 3.05) is 6.54 Å². The van der Waals surface area contributed by atoms with Crippen molar-refractivity contribution in [1.29, 1.82) is 0 Å². The third-order valence-corrected chi connectivity index (χ3v) is 6.15. The fourth-order valence-electron chi connectivity index (χ4n) is 2.78. The first-order valence-corrected chi connectivity index (χ1v) is 8.69. The van der Waals surface area contributed by atoms with E-state index in [0.29, 0.717) is 22.0 Å². The Morgan fingerprint density at radius 1 is 1.40 bits per heavy atom. The highest BCUT2D eigenvalue weighted by Crippen LogP contribution is 2.29. The molecule has 1 aliphatic rings. The topological polar surface area (TPSA) is 63.4 Å². The van der Waals surface area contributed by atoms with E-state index >= 15 is 0 Å². The van der Waals surface area contributed by atoms with E-state index in [4.69, 9.17) is 17.3 Å². The van der Waals surface area contributed by atoms with Gasteiger partial charge in [0.05, 0.1) is 4.90 Å². The van der Waals surface area contributed by atoms with Crippen molar-refractivity contribution in [1.82, 2.24) is 4.31 Å². The normalized spacial score (nSPS) is 22.7. The number of rotatable bonds is 3. The van der Waals surface area contributed by atoms with Crippen LogP contribution in [-0.4, -0.2) is 31.4 Å². The first-order valence-electron chi connectivity index (χ1n) is 6.87. The summed E-state index contributed by atoms with van der Waals surface area (Å²) in [6, 6.07) is 4.59. The third-order valence-electron chi connectivity index (χ3n) is 3.83. The van der Waals surface area contributed by atoms with Crippen LogP contribution in [-0.2, 0) is 10.0 Å². The average Bonchev–Trinajstić information content (AvgIpc) is 2.38. The summed E-state index contributed by atoms with van der Waals surface area (Å²) in [4.78, 5) is 0.328. The number of hydrogen-bond donors (Lipinski definition) is 1. The van der Waals surface area contributed by atoms with E-state index in [9.17, 15) is 8.42 Å². The summed E-state index contributed by atoms with van der Waals surface area (Å²) in [6.07, 6.45) is 2.73. The second kappa shape index (κ2) is 6.02. The van der Waals surface area contributed by atoms with Gasteiger partial charge in [-0.2, -0.15) is 4.31 Å². The molecule has 6 heteroatoms. The zero-order valence-electron chi connectivity index (χ0n) is 11.8. The van der Waals surface area contributed by atoms with Crippen molar-refractivity contribution < 1.29 is 8.42 Å². The maximum Gasteiger partial charge on any atom is 0.243 e. The van der Waals surface area contributed by atoms with Crippen LogP contribution in [0.2, 0.25) is 5.02 Å². The minimum absolute atomic E-state index is 0.121. The summed E-state index contributed by atoms with van der Waals surface area (Å²) in [6.45, 7) is 4.17. The van der Waals surface area contributed by atoms with Crippen LogP contribution in [0.15, 0.2) is 23.1 Å². The molecule has 0 aliphatic carbocycles. The molecule has 2 unspecified atom stereocenters.